The van der Waals surface area contributed by atoms with Crippen LogP contribution < -0.4 is 9.92 Å². The first-order valence-electron chi connectivity index (χ1n) is 10.8. The summed E-state index contributed by atoms with van der Waals surface area (Å²) in [7, 11) is -2.01. The molecule has 0 N–H and O–H groups in total. The third-order valence-corrected chi connectivity index (χ3v) is 10.3. The molecule has 2 heteroatoms. The Morgan fingerprint density at radius 3 is 1.97 bits per heavy atom. The summed E-state index contributed by atoms with van der Waals surface area (Å²) in [5, 5.41) is 1.40. The lowest BCUT2D eigenvalue weighted by Gasteiger charge is -2.35. The van der Waals surface area contributed by atoms with E-state index < -0.39 is 8.07 Å². The van der Waals surface area contributed by atoms with Crippen molar-refractivity contribution in [1.29, 1.82) is 0 Å². The van der Waals surface area contributed by atoms with Gasteiger partial charge in [-0.3, -0.25) is 0 Å². The number of rotatable bonds is 5. The Hall–Kier alpha value is -2.58. The standard InChI is InChI=1S/C28H32OSi/c1-7-19-29-26-24(28(2,3)4)17-12-18-25(26)30(5,6)27-22-15-10-8-13-20(22)21-14-9-11-16-23(21)27/h7-18,27H,1,19H2,2-6H3. The summed E-state index contributed by atoms with van der Waals surface area (Å²) in [5.74, 6) is 1.07. The number of hydrogen-bond donors (Lipinski definition) is 0. The van der Waals surface area contributed by atoms with Gasteiger partial charge < -0.3 is 4.74 Å². The number of hydrogen-bond acceptors (Lipinski definition) is 1. The highest BCUT2D eigenvalue weighted by Gasteiger charge is 2.44. The lowest BCUT2D eigenvalue weighted by Crippen LogP contribution is -2.48. The summed E-state index contributed by atoms with van der Waals surface area (Å²) in [6.45, 7) is 16.2. The van der Waals surface area contributed by atoms with Crippen LogP contribution in [-0.2, 0) is 5.41 Å². The van der Waals surface area contributed by atoms with E-state index in [9.17, 15) is 0 Å². The van der Waals surface area contributed by atoms with Gasteiger partial charge in [0.2, 0.25) is 0 Å². The summed E-state index contributed by atoms with van der Waals surface area (Å²) in [4.78, 5) is 0. The van der Waals surface area contributed by atoms with Gasteiger partial charge in [-0.1, -0.05) is 113 Å². The van der Waals surface area contributed by atoms with E-state index in [1.54, 1.807) is 0 Å². The van der Waals surface area contributed by atoms with Crippen LogP contribution in [0.5, 0.6) is 5.75 Å². The van der Waals surface area contributed by atoms with Gasteiger partial charge in [-0.25, -0.2) is 0 Å². The minimum atomic E-state index is -2.01. The van der Waals surface area contributed by atoms with Crippen LogP contribution in [0.4, 0.5) is 0 Å². The van der Waals surface area contributed by atoms with Crippen LogP contribution in [0.15, 0.2) is 79.4 Å². The zero-order valence-electron chi connectivity index (χ0n) is 18.8. The molecule has 1 aliphatic carbocycles. The molecule has 3 aromatic rings. The van der Waals surface area contributed by atoms with Crippen molar-refractivity contribution in [2.75, 3.05) is 6.61 Å². The van der Waals surface area contributed by atoms with E-state index in [2.05, 4.69) is 107 Å². The molecule has 0 heterocycles. The molecule has 154 valence electrons. The molecule has 0 fully saturated rings. The highest BCUT2D eigenvalue weighted by atomic mass is 28.3. The van der Waals surface area contributed by atoms with Gasteiger partial charge in [-0.05, 0) is 38.4 Å². The fraction of sp³-hybridized carbons (Fsp3) is 0.286. The van der Waals surface area contributed by atoms with Gasteiger partial charge in [0.15, 0.2) is 0 Å². The van der Waals surface area contributed by atoms with E-state index in [0.29, 0.717) is 12.1 Å². The van der Waals surface area contributed by atoms with Crippen molar-refractivity contribution in [3.8, 4) is 16.9 Å². The summed E-state index contributed by atoms with van der Waals surface area (Å²) >= 11 is 0. The van der Waals surface area contributed by atoms with E-state index in [1.807, 2.05) is 6.08 Å². The zero-order chi connectivity index (χ0) is 21.5. The Labute approximate surface area is 182 Å². The maximum Gasteiger partial charge on any atom is 0.122 e. The SMILES string of the molecule is C=CCOc1c(C(C)(C)C)cccc1[Si](C)(C)C1c2ccccc2-c2ccccc21. The summed E-state index contributed by atoms with van der Waals surface area (Å²) < 4.78 is 6.38. The zero-order valence-corrected chi connectivity index (χ0v) is 19.8. The second-order valence-electron chi connectivity index (χ2n) is 9.86. The van der Waals surface area contributed by atoms with Crippen molar-refractivity contribution in [1.82, 2.24) is 0 Å². The lowest BCUT2D eigenvalue weighted by atomic mass is 9.86. The molecule has 0 amide bonds. The first-order valence-corrected chi connectivity index (χ1v) is 13.9. The van der Waals surface area contributed by atoms with Crippen LogP contribution in [0.25, 0.3) is 11.1 Å². The molecule has 0 saturated carbocycles. The molecule has 0 bridgehead atoms. The summed E-state index contributed by atoms with van der Waals surface area (Å²) in [6.07, 6.45) is 1.85. The van der Waals surface area contributed by atoms with Crippen molar-refractivity contribution in [3.05, 3.63) is 96.1 Å². The third kappa shape index (κ3) is 3.33. The highest BCUT2D eigenvalue weighted by molar-refractivity contribution is 6.92. The Bertz CT molecular complexity index is 1040. The Balaban J connectivity index is 1.94. The first kappa shape index (κ1) is 20.7. The van der Waals surface area contributed by atoms with Crippen LogP contribution in [0.1, 0.15) is 43.0 Å². The predicted molar refractivity (Wildman–Crippen MR) is 132 cm³/mol. The molecule has 30 heavy (non-hydrogen) atoms. The number of ether oxygens (including phenoxy) is 1. The Morgan fingerprint density at radius 2 is 1.43 bits per heavy atom. The highest BCUT2D eigenvalue weighted by Crippen LogP contribution is 2.49. The molecule has 0 spiro atoms. The minimum Gasteiger partial charge on any atom is -0.489 e. The largest absolute Gasteiger partial charge is 0.489 e. The molecule has 3 aromatic carbocycles. The number of benzene rings is 3. The molecule has 0 unspecified atom stereocenters. The molecular formula is C28H32OSi. The molecule has 0 radical (unpaired) electrons. The van der Waals surface area contributed by atoms with Crippen molar-refractivity contribution in [2.45, 2.75) is 44.8 Å². The summed E-state index contributed by atoms with van der Waals surface area (Å²) in [6, 6.07) is 24.6. The van der Waals surface area contributed by atoms with E-state index in [1.165, 1.54) is 33.0 Å². The second kappa shape index (κ2) is 7.59. The van der Waals surface area contributed by atoms with Gasteiger partial charge in [0.05, 0.1) is 8.07 Å². The van der Waals surface area contributed by atoms with E-state index in [4.69, 9.17) is 4.74 Å². The molecule has 0 aliphatic heterocycles. The van der Waals surface area contributed by atoms with Gasteiger partial charge >= 0.3 is 0 Å². The van der Waals surface area contributed by atoms with Crippen LogP contribution in [0.2, 0.25) is 13.1 Å². The van der Waals surface area contributed by atoms with Gasteiger partial charge in [0, 0.05) is 5.54 Å². The Kier molecular flexibility index (Phi) is 5.23. The van der Waals surface area contributed by atoms with Gasteiger partial charge in [0.1, 0.15) is 12.4 Å². The molecule has 0 atom stereocenters. The maximum atomic E-state index is 6.38. The fourth-order valence-electron chi connectivity index (χ4n) is 5.02. The minimum absolute atomic E-state index is 0.0164. The Morgan fingerprint density at radius 1 is 0.867 bits per heavy atom. The topological polar surface area (TPSA) is 9.23 Å². The van der Waals surface area contributed by atoms with Crippen LogP contribution in [-0.4, -0.2) is 14.7 Å². The van der Waals surface area contributed by atoms with Crippen LogP contribution in [0, 0.1) is 0 Å². The van der Waals surface area contributed by atoms with Crippen molar-refractivity contribution < 1.29 is 4.74 Å². The second-order valence-corrected chi connectivity index (χ2v) is 14.4. The molecule has 1 nitrogen and oxygen atoms in total. The number of fused-ring (bicyclic) bond motifs is 3. The quantitative estimate of drug-likeness (QED) is 0.330. The third-order valence-electron chi connectivity index (χ3n) is 6.42. The average Bonchev–Trinajstić information content (AvgIpc) is 3.06. The summed E-state index contributed by atoms with van der Waals surface area (Å²) in [5.41, 5.74) is 7.41. The van der Waals surface area contributed by atoms with Crippen LogP contribution >= 0.6 is 0 Å². The van der Waals surface area contributed by atoms with E-state index in [0.717, 1.165) is 5.75 Å². The van der Waals surface area contributed by atoms with Gasteiger partial charge in [0.25, 0.3) is 0 Å². The molecule has 4 rings (SSSR count). The van der Waals surface area contributed by atoms with Crippen molar-refractivity contribution >= 4 is 13.3 Å². The van der Waals surface area contributed by atoms with Gasteiger partial charge in [-0.2, -0.15) is 0 Å². The van der Waals surface area contributed by atoms with Gasteiger partial charge in [-0.15, -0.1) is 0 Å². The van der Waals surface area contributed by atoms with Crippen molar-refractivity contribution in [2.24, 2.45) is 0 Å². The number of para-hydroxylation sites is 1. The first-order chi connectivity index (χ1) is 14.3. The average molecular weight is 413 g/mol. The monoisotopic (exact) mass is 412 g/mol. The lowest BCUT2D eigenvalue weighted by molar-refractivity contribution is 0.354. The van der Waals surface area contributed by atoms with E-state index >= 15 is 0 Å². The van der Waals surface area contributed by atoms with E-state index in [-0.39, 0.29) is 5.41 Å². The molecule has 0 saturated heterocycles. The van der Waals surface area contributed by atoms with Crippen LogP contribution in [0.3, 0.4) is 0 Å². The fourth-order valence-corrected chi connectivity index (χ4v) is 8.71. The normalized spacial score (nSPS) is 13.6. The van der Waals surface area contributed by atoms with Crippen molar-refractivity contribution in [3.63, 3.8) is 0 Å². The molecular weight excluding hydrogens is 380 g/mol. The molecule has 1 aliphatic rings. The predicted octanol–water partition coefficient (Wildman–Crippen LogP) is 6.82. The maximum absolute atomic E-state index is 6.38. The smallest absolute Gasteiger partial charge is 0.122 e. The molecule has 0 aromatic heterocycles.